The Morgan fingerprint density at radius 2 is 1.74 bits per heavy atom. The quantitative estimate of drug-likeness (QED) is 0.763. The van der Waals surface area contributed by atoms with E-state index in [9.17, 15) is 9.59 Å². The molecule has 2 rings (SSSR count). The zero-order chi connectivity index (χ0) is 16.7. The molecule has 0 fully saturated rings. The summed E-state index contributed by atoms with van der Waals surface area (Å²) in [4.78, 5) is 23.2. The number of hydrogen-bond donors (Lipinski definition) is 3. The Labute approximate surface area is 134 Å². The molecule has 0 radical (unpaired) electrons. The smallest absolute Gasteiger partial charge is 0.318 e. The molecule has 3 amide bonds. The number of urea groups is 1. The molecule has 2 aromatic rings. The van der Waals surface area contributed by atoms with Gasteiger partial charge in [0.15, 0.2) is 0 Å². The molecule has 6 heteroatoms. The lowest BCUT2D eigenvalue weighted by molar-refractivity contribution is -0.120. The van der Waals surface area contributed by atoms with Crippen LogP contribution in [0.5, 0.6) is 5.75 Å². The Morgan fingerprint density at radius 1 is 1.09 bits per heavy atom. The lowest BCUT2D eigenvalue weighted by Gasteiger charge is -2.19. The Hall–Kier alpha value is -3.02. The second-order valence-electron chi connectivity index (χ2n) is 4.80. The number of amides is 3. The number of nitrogens with one attached hydrogen (secondary N) is 2. The second kappa shape index (κ2) is 7.84. The number of ether oxygens (including phenoxy) is 1. The van der Waals surface area contributed by atoms with E-state index in [2.05, 4.69) is 10.6 Å². The summed E-state index contributed by atoms with van der Waals surface area (Å²) in [6.45, 7) is 2.49. The molecule has 0 bridgehead atoms. The van der Waals surface area contributed by atoms with Crippen molar-refractivity contribution in [2.24, 2.45) is 5.73 Å². The number of primary amides is 1. The highest BCUT2D eigenvalue weighted by molar-refractivity contribution is 5.98. The first kappa shape index (κ1) is 16.4. The SMILES string of the molecule is CCOc1ccc(N[C@H](C(=O)NC(N)=O)c2ccccc2)cc1. The van der Waals surface area contributed by atoms with Crippen molar-refractivity contribution in [1.82, 2.24) is 5.32 Å². The van der Waals surface area contributed by atoms with Crippen LogP contribution in [0.4, 0.5) is 10.5 Å². The molecule has 23 heavy (non-hydrogen) atoms. The molecule has 0 aliphatic rings. The standard InChI is InChI=1S/C17H19N3O3/c1-2-23-14-10-8-13(9-11-14)19-15(16(21)20-17(18)22)12-6-4-3-5-7-12/h3-11,15,19H,2H2,1H3,(H3,18,20,21,22)/t15-/m0/s1. The van der Waals surface area contributed by atoms with Crippen LogP contribution in [0.25, 0.3) is 0 Å². The fourth-order valence-electron chi connectivity index (χ4n) is 2.12. The van der Waals surface area contributed by atoms with Gasteiger partial charge in [-0.3, -0.25) is 10.1 Å². The molecule has 0 saturated heterocycles. The van der Waals surface area contributed by atoms with Crippen molar-refractivity contribution in [3.63, 3.8) is 0 Å². The average molecular weight is 313 g/mol. The summed E-state index contributed by atoms with van der Waals surface area (Å²) in [6.07, 6.45) is 0. The summed E-state index contributed by atoms with van der Waals surface area (Å²) in [5.74, 6) is 0.230. The van der Waals surface area contributed by atoms with Crippen molar-refractivity contribution in [2.45, 2.75) is 13.0 Å². The van der Waals surface area contributed by atoms with Crippen LogP contribution < -0.4 is 21.1 Å². The summed E-state index contributed by atoms with van der Waals surface area (Å²) < 4.78 is 5.38. The monoisotopic (exact) mass is 313 g/mol. The third-order valence-corrected chi connectivity index (χ3v) is 3.12. The molecule has 0 spiro atoms. The summed E-state index contributed by atoms with van der Waals surface area (Å²) in [5, 5.41) is 5.20. The van der Waals surface area contributed by atoms with E-state index in [-0.39, 0.29) is 0 Å². The number of carbonyl (C=O) groups is 2. The number of nitrogens with two attached hydrogens (primary N) is 1. The van der Waals surface area contributed by atoms with E-state index in [4.69, 9.17) is 10.5 Å². The molecule has 0 unspecified atom stereocenters. The van der Waals surface area contributed by atoms with Crippen molar-refractivity contribution >= 4 is 17.6 Å². The summed E-state index contributed by atoms with van der Waals surface area (Å²) in [7, 11) is 0. The lowest BCUT2D eigenvalue weighted by Crippen LogP contribution is -2.40. The van der Waals surface area contributed by atoms with Gasteiger partial charge in [-0.1, -0.05) is 30.3 Å². The lowest BCUT2D eigenvalue weighted by atomic mass is 10.1. The van der Waals surface area contributed by atoms with Gasteiger partial charge in [0.1, 0.15) is 11.8 Å². The van der Waals surface area contributed by atoms with E-state index in [1.54, 1.807) is 36.4 Å². The van der Waals surface area contributed by atoms with Crippen LogP contribution in [-0.4, -0.2) is 18.5 Å². The Morgan fingerprint density at radius 3 is 2.30 bits per heavy atom. The first-order valence-electron chi connectivity index (χ1n) is 7.24. The maximum atomic E-state index is 12.2. The summed E-state index contributed by atoms with van der Waals surface area (Å²) in [5.41, 5.74) is 6.49. The van der Waals surface area contributed by atoms with Gasteiger partial charge < -0.3 is 15.8 Å². The number of hydrogen-bond acceptors (Lipinski definition) is 4. The first-order valence-corrected chi connectivity index (χ1v) is 7.24. The maximum Gasteiger partial charge on any atom is 0.318 e. The number of carbonyl (C=O) groups excluding carboxylic acids is 2. The molecule has 0 aromatic heterocycles. The van der Waals surface area contributed by atoms with Gasteiger partial charge in [0, 0.05) is 5.69 Å². The van der Waals surface area contributed by atoms with E-state index in [0.29, 0.717) is 6.61 Å². The maximum absolute atomic E-state index is 12.2. The van der Waals surface area contributed by atoms with Gasteiger partial charge in [0.2, 0.25) is 0 Å². The van der Waals surface area contributed by atoms with E-state index in [0.717, 1.165) is 17.0 Å². The molecule has 1 atom stereocenters. The Kier molecular flexibility index (Phi) is 5.57. The fraction of sp³-hybridized carbons (Fsp3) is 0.176. The van der Waals surface area contributed by atoms with Crippen LogP contribution in [0.3, 0.4) is 0 Å². The molecule has 0 aliphatic carbocycles. The van der Waals surface area contributed by atoms with E-state index >= 15 is 0 Å². The van der Waals surface area contributed by atoms with Crippen molar-refractivity contribution in [3.8, 4) is 5.75 Å². The summed E-state index contributed by atoms with van der Waals surface area (Å²) in [6, 6.07) is 14.7. The fourth-order valence-corrected chi connectivity index (χ4v) is 2.12. The molecule has 2 aromatic carbocycles. The van der Waals surface area contributed by atoms with Crippen LogP contribution in [0, 0.1) is 0 Å². The van der Waals surface area contributed by atoms with E-state index < -0.39 is 18.0 Å². The van der Waals surface area contributed by atoms with E-state index in [1.807, 2.05) is 25.1 Å². The number of benzene rings is 2. The highest BCUT2D eigenvalue weighted by Crippen LogP contribution is 2.22. The minimum atomic E-state index is -0.885. The van der Waals surface area contributed by atoms with Crippen LogP contribution in [0.15, 0.2) is 54.6 Å². The normalized spacial score (nSPS) is 11.3. The molecular weight excluding hydrogens is 294 g/mol. The zero-order valence-corrected chi connectivity index (χ0v) is 12.8. The predicted octanol–water partition coefficient (Wildman–Crippen LogP) is 2.43. The van der Waals surface area contributed by atoms with Gasteiger partial charge >= 0.3 is 6.03 Å². The molecule has 0 saturated carbocycles. The van der Waals surface area contributed by atoms with E-state index in [1.165, 1.54) is 0 Å². The van der Waals surface area contributed by atoms with Gasteiger partial charge in [-0.2, -0.15) is 0 Å². The Bertz CT molecular complexity index is 657. The molecular formula is C17H19N3O3. The second-order valence-corrected chi connectivity index (χ2v) is 4.80. The molecule has 6 nitrogen and oxygen atoms in total. The average Bonchev–Trinajstić information content (AvgIpc) is 2.54. The van der Waals surface area contributed by atoms with Crippen molar-refractivity contribution in [1.29, 1.82) is 0 Å². The Balaban J connectivity index is 2.20. The third-order valence-electron chi connectivity index (χ3n) is 3.12. The third kappa shape index (κ3) is 4.74. The number of imide groups is 1. The van der Waals surface area contributed by atoms with Gasteiger partial charge in [-0.05, 0) is 36.8 Å². The predicted molar refractivity (Wildman–Crippen MR) is 88.1 cm³/mol. The topological polar surface area (TPSA) is 93.4 Å². The molecule has 4 N–H and O–H groups in total. The molecule has 0 aliphatic heterocycles. The number of rotatable bonds is 6. The van der Waals surface area contributed by atoms with Crippen molar-refractivity contribution < 1.29 is 14.3 Å². The number of anilines is 1. The van der Waals surface area contributed by atoms with Crippen LogP contribution >= 0.6 is 0 Å². The summed E-state index contributed by atoms with van der Waals surface area (Å²) >= 11 is 0. The van der Waals surface area contributed by atoms with Crippen LogP contribution in [-0.2, 0) is 4.79 Å². The minimum Gasteiger partial charge on any atom is -0.494 e. The van der Waals surface area contributed by atoms with Gasteiger partial charge in [-0.25, -0.2) is 4.79 Å². The largest absolute Gasteiger partial charge is 0.494 e. The highest BCUT2D eigenvalue weighted by Gasteiger charge is 2.21. The molecule has 120 valence electrons. The van der Waals surface area contributed by atoms with Gasteiger partial charge in [-0.15, -0.1) is 0 Å². The van der Waals surface area contributed by atoms with Crippen molar-refractivity contribution in [2.75, 3.05) is 11.9 Å². The first-order chi connectivity index (χ1) is 11.1. The van der Waals surface area contributed by atoms with Gasteiger partial charge in [0.05, 0.1) is 6.61 Å². The minimum absolute atomic E-state index is 0.516. The molecule has 0 heterocycles. The van der Waals surface area contributed by atoms with Crippen LogP contribution in [0.1, 0.15) is 18.5 Å². The van der Waals surface area contributed by atoms with Crippen LogP contribution in [0.2, 0.25) is 0 Å². The zero-order valence-electron chi connectivity index (χ0n) is 12.8. The van der Waals surface area contributed by atoms with Crippen molar-refractivity contribution in [3.05, 3.63) is 60.2 Å². The highest BCUT2D eigenvalue weighted by atomic mass is 16.5. The van der Waals surface area contributed by atoms with Gasteiger partial charge in [0.25, 0.3) is 5.91 Å².